The number of carbonyl (C=O) groups is 1. The third-order valence-electron chi connectivity index (χ3n) is 4.05. The van der Waals surface area contributed by atoms with Crippen LogP contribution in [0.15, 0.2) is 78.9 Å². The molecule has 0 heterocycles. The lowest BCUT2D eigenvalue weighted by Gasteiger charge is -2.11. The van der Waals surface area contributed by atoms with Crippen LogP contribution in [0.1, 0.15) is 15.9 Å². The van der Waals surface area contributed by atoms with Gasteiger partial charge in [0.2, 0.25) is 10.0 Å². The average Bonchev–Trinajstić information content (AvgIpc) is 2.72. The second-order valence-electron chi connectivity index (χ2n) is 6.37. The van der Waals surface area contributed by atoms with Gasteiger partial charge in [0, 0.05) is 5.69 Å². The molecule has 0 bridgehead atoms. The van der Waals surface area contributed by atoms with Crippen LogP contribution in [0, 0.1) is 0 Å². The van der Waals surface area contributed by atoms with E-state index in [1.807, 2.05) is 6.07 Å². The lowest BCUT2D eigenvalue weighted by atomic mass is 10.2. The molecule has 0 atom stereocenters. The number of hydrogen-bond donors (Lipinski definition) is 2. The molecule has 0 aromatic heterocycles. The van der Waals surface area contributed by atoms with Crippen molar-refractivity contribution in [2.75, 3.05) is 17.9 Å². The molecule has 7 nitrogen and oxygen atoms in total. The maximum absolute atomic E-state index is 12.3. The Bertz CT molecular complexity index is 1080. The Hall–Kier alpha value is -3.52. The zero-order chi connectivity index (χ0) is 21.4. The molecule has 0 spiro atoms. The quantitative estimate of drug-likeness (QED) is 0.478. The van der Waals surface area contributed by atoms with Crippen molar-refractivity contribution >= 4 is 21.7 Å². The summed E-state index contributed by atoms with van der Waals surface area (Å²) in [5, 5.41) is 9.13. The van der Waals surface area contributed by atoms with E-state index in [0.29, 0.717) is 17.0 Å². The summed E-state index contributed by atoms with van der Waals surface area (Å²) < 4.78 is 38.1. The third-order valence-corrected chi connectivity index (χ3v) is 5.31. The second kappa shape index (κ2) is 9.80. The summed E-state index contributed by atoms with van der Waals surface area (Å²) in [7, 11) is -3.52. The molecule has 3 rings (SSSR count). The number of anilines is 1. The molecule has 0 aliphatic carbocycles. The first kappa shape index (κ1) is 21.2. The Morgan fingerprint density at radius 3 is 2.17 bits per heavy atom. The van der Waals surface area contributed by atoms with Gasteiger partial charge in [-0.1, -0.05) is 42.5 Å². The van der Waals surface area contributed by atoms with E-state index in [4.69, 9.17) is 14.6 Å². The minimum Gasteiger partial charge on any atom is -0.490 e. The standard InChI is InChI=1S/C22H21NO6S/c24-22(25)20-8-4-5-9-21(20)29-15-14-28-19-12-10-18(11-13-19)23-30(26,27)16-17-6-2-1-3-7-17/h1-13,23H,14-16H2,(H,24,25). The molecule has 8 heteroatoms. The van der Waals surface area contributed by atoms with Gasteiger partial charge in [0.15, 0.2) is 0 Å². The van der Waals surface area contributed by atoms with Gasteiger partial charge in [-0.3, -0.25) is 4.72 Å². The van der Waals surface area contributed by atoms with Gasteiger partial charge in [0.05, 0.1) is 5.75 Å². The largest absolute Gasteiger partial charge is 0.490 e. The van der Waals surface area contributed by atoms with E-state index in [2.05, 4.69) is 4.72 Å². The van der Waals surface area contributed by atoms with Gasteiger partial charge in [0.25, 0.3) is 0 Å². The van der Waals surface area contributed by atoms with Crippen LogP contribution in [0.2, 0.25) is 0 Å². The zero-order valence-electron chi connectivity index (χ0n) is 16.0. The molecule has 0 saturated carbocycles. The van der Waals surface area contributed by atoms with E-state index in [1.165, 1.54) is 6.07 Å². The first-order chi connectivity index (χ1) is 14.4. The molecule has 0 unspecified atom stereocenters. The predicted molar refractivity (Wildman–Crippen MR) is 114 cm³/mol. The fourth-order valence-corrected chi connectivity index (χ4v) is 3.91. The highest BCUT2D eigenvalue weighted by Crippen LogP contribution is 2.19. The maximum atomic E-state index is 12.3. The van der Waals surface area contributed by atoms with Crippen LogP contribution >= 0.6 is 0 Å². The topological polar surface area (TPSA) is 102 Å². The van der Waals surface area contributed by atoms with Gasteiger partial charge in [-0.15, -0.1) is 0 Å². The summed E-state index contributed by atoms with van der Waals surface area (Å²) in [6, 6.07) is 21.8. The van der Waals surface area contributed by atoms with Crippen LogP contribution in [0.4, 0.5) is 5.69 Å². The second-order valence-corrected chi connectivity index (χ2v) is 8.09. The molecule has 0 aliphatic rings. The average molecular weight is 427 g/mol. The molecule has 0 aliphatic heterocycles. The lowest BCUT2D eigenvalue weighted by molar-refractivity contribution is 0.0691. The Morgan fingerprint density at radius 1 is 0.833 bits per heavy atom. The van der Waals surface area contributed by atoms with Crippen molar-refractivity contribution in [2.24, 2.45) is 0 Å². The fraction of sp³-hybridized carbons (Fsp3) is 0.136. The molecule has 0 amide bonds. The lowest BCUT2D eigenvalue weighted by Crippen LogP contribution is -2.15. The molecular weight excluding hydrogens is 406 g/mol. The summed E-state index contributed by atoms with van der Waals surface area (Å²) in [5.41, 5.74) is 1.23. The maximum Gasteiger partial charge on any atom is 0.339 e. The number of carboxylic acids is 1. The summed E-state index contributed by atoms with van der Waals surface area (Å²) in [5.74, 6) is -0.356. The Balaban J connectivity index is 1.48. The smallest absolute Gasteiger partial charge is 0.339 e. The molecule has 30 heavy (non-hydrogen) atoms. The van der Waals surface area contributed by atoms with E-state index < -0.39 is 16.0 Å². The molecule has 0 fully saturated rings. The molecule has 2 N–H and O–H groups in total. The van der Waals surface area contributed by atoms with E-state index in [9.17, 15) is 13.2 Å². The van der Waals surface area contributed by atoms with Gasteiger partial charge in [0.1, 0.15) is 30.3 Å². The molecule has 3 aromatic rings. The van der Waals surface area contributed by atoms with Crippen LogP contribution in [0.25, 0.3) is 0 Å². The van der Waals surface area contributed by atoms with Crippen LogP contribution in [-0.4, -0.2) is 32.7 Å². The van der Waals surface area contributed by atoms with Crippen molar-refractivity contribution in [1.82, 2.24) is 0 Å². The molecule has 0 radical (unpaired) electrons. The SMILES string of the molecule is O=C(O)c1ccccc1OCCOc1ccc(NS(=O)(=O)Cc2ccccc2)cc1. The molecule has 3 aromatic carbocycles. The number of benzene rings is 3. The number of hydrogen-bond acceptors (Lipinski definition) is 5. The highest BCUT2D eigenvalue weighted by atomic mass is 32.2. The molecular formula is C22H21NO6S. The third kappa shape index (κ3) is 6.25. The number of aromatic carboxylic acids is 1. The van der Waals surface area contributed by atoms with E-state index in [-0.39, 0.29) is 30.3 Å². The van der Waals surface area contributed by atoms with E-state index in [0.717, 1.165) is 0 Å². The van der Waals surface area contributed by atoms with Crippen molar-refractivity contribution in [1.29, 1.82) is 0 Å². The van der Waals surface area contributed by atoms with Crippen LogP contribution in [0.3, 0.4) is 0 Å². The van der Waals surface area contributed by atoms with Crippen molar-refractivity contribution in [3.05, 3.63) is 90.0 Å². The van der Waals surface area contributed by atoms with Crippen molar-refractivity contribution in [3.8, 4) is 11.5 Å². The van der Waals surface area contributed by atoms with Crippen LogP contribution < -0.4 is 14.2 Å². The Morgan fingerprint density at radius 2 is 1.47 bits per heavy atom. The zero-order valence-corrected chi connectivity index (χ0v) is 16.8. The van der Waals surface area contributed by atoms with E-state index in [1.54, 1.807) is 66.7 Å². The van der Waals surface area contributed by atoms with Crippen LogP contribution in [0.5, 0.6) is 11.5 Å². The molecule has 0 saturated heterocycles. The number of nitrogens with one attached hydrogen (secondary N) is 1. The number of sulfonamides is 1. The van der Waals surface area contributed by atoms with Crippen molar-refractivity contribution in [2.45, 2.75) is 5.75 Å². The Labute approximate surface area is 174 Å². The first-order valence-corrected chi connectivity index (χ1v) is 10.8. The van der Waals surface area contributed by atoms with Crippen molar-refractivity contribution < 1.29 is 27.8 Å². The first-order valence-electron chi connectivity index (χ1n) is 9.15. The molecule has 156 valence electrons. The van der Waals surface area contributed by atoms with Crippen molar-refractivity contribution in [3.63, 3.8) is 0 Å². The number of ether oxygens (including phenoxy) is 2. The number of rotatable bonds is 10. The predicted octanol–water partition coefficient (Wildman–Crippen LogP) is 3.78. The minimum absolute atomic E-state index is 0.0876. The van der Waals surface area contributed by atoms with Gasteiger partial charge in [-0.2, -0.15) is 0 Å². The Kier molecular flexibility index (Phi) is 6.92. The summed E-state index contributed by atoms with van der Waals surface area (Å²) in [4.78, 5) is 11.1. The highest BCUT2D eigenvalue weighted by Gasteiger charge is 2.12. The highest BCUT2D eigenvalue weighted by molar-refractivity contribution is 7.91. The summed E-state index contributed by atoms with van der Waals surface area (Å²) in [6.07, 6.45) is 0. The van der Waals surface area contributed by atoms with Gasteiger partial charge < -0.3 is 14.6 Å². The monoisotopic (exact) mass is 427 g/mol. The normalized spacial score (nSPS) is 10.9. The summed E-state index contributed by atoms with van der Waals surface area (Å²) >= 11 is 0. The van der Waals surface area contributed by atoms with Gasteiger partial charge in [-0.05, 0) is 42.0 Å². The van der Waals surface area contributed by atoms with Crippen LogP contribution in [-0.2, 0) is 15.8 Å². The summed E-state index contributed by atoms with van der Waals surface area (Å²) in [6.45, 7) is 0.364. The number of para-hydroxylation sites is 1. The minimum atomic E-state index is -3.52. The van der Waals surface area contributed by atoms with Gasteiger partial charge in [-0.25, -0.2) is 13.2 Å². The van der Waals surface area contributed by atoms with Gasteiger partial charge >= 0.3 is 5.97 Å². The van der Waals surface area contributed by atoms with E-state index >= 15 is 0 Å². The fourth-order valence-electron chi connectivity index (χ4n) is 2.71. The number of carboxylic acid groups (broad SMARTS) is 1.